The fourth-order valence-electron chi connectivity index (χ4n) is 4.54. The molecular weight excluding hydrogens is 444 g/mol. The van der Waals surface area contributed by atoms with E-state index in [0.717, 1.165) is 32.7 Å². The Morgan fingerprint density at radius 2 is 1.49 bits per heavy atom. The molecule has 0 saturated carbocycles. The third kappa shape index (κ3) is 5.69. The molecule has 1 unspecified atom stereocenters. The first-order valence-corrected chi connectivity index (χ1v) is 11.6. The van der Waals surface area contributed by atoms with Crippen LogP contribution in [0.25, 0.3) is 11.1 Å². The van der Waals surface area contributed by atoms with Crippen LogP contribution in [0.4, 0.5) is 4.79 Å². The smallest absolute Gasteiger partial charge is 0.407 e. The molecule has 0 fully saturated rings. The lowest BCUT2D eigenvalue weighted by Gasteiger charge is -2.21. The van der Waals surface area contributed by atoms with Crippen molar-refractivity contribution in [2.24, 2.45) is 0 Å². The zero-order chi connectivity index (χ0) is 24.8. The Morgan fingerprint density at radius 3 is 2.09 bits per heavy atom. The van der Waals surface area contributed by atoms with E-state index in [0.29, 0.717) is 6.42 Å². The Balaban J connectivity index is 1.41. The molecule has 180 valence electrons. The second-order valence-electron chi connectivity index (χ2n) is 8.62. The maximum Gasteiger partial charge on any atom is 0.407 e. The first kappa shape index (κ1) is 24.0. The number of fused-ring (bicyclic) bond motifs is 3. The van der Waals surface area contributed by atoms with E-state index in [1.165, 1.54) is 7.05 Å². The predicted octanol–water partition coefficient (Wildman–Crippen LogP) is 4.59. The van der Waals surface area contributed by atoms with E-state index in [9.17, 15) is 14.4 Å². The molecule has 1 aliphatic rings. The lowest BCUT2D eigenvalue weighted by molar-refractivity contribution is -0.143. The standard InChI is InChI=1S/C28H28N2O5/c1-30(17-27(32)33)26(31)16-15-25(19-9-3-2-4-10-19)29-28(34)35-18-24-22-13-7-5-11-20(22)21-12-6-8-14-23(21)24/h2-14,24-25H,15-18H2,1H3,(H,29,34)(H,32,33). The minimum Gasteiger partial charge on any atom is -0.480 e. The van der Waals surface area contributed by atoms with E-state index >= 15 is 0 Å². The van der Waals surface area contributed by atoms with Gasteiger partial charge in [-0.1, -0.05) is 78.9 Å². The fourth-order valence-corrected chi connectivity index (χ4v) is 4.54. The van der Waals surface area contributed by atoms with Gasteiger partial charge in [-0.3, -0.25) is 9.59 Å². The SMILES string of the molecule is CN(CC(=O)O)C(=O)CCC(NC(=O)OCC1c2ccccc2-c2ccccc21)c1ccccc1. The molecule has 7 heteroatoms. The number of nitrogens with one attached hydrogen (secondary N) is 1. The van der Waals surface area contributed by atoms with Crippen LogP contribution >= 0.6 is 0 Å². The van der Waals surface area contributed by atoms with Gasteiger partial charge in [-0.05, 0) is 34.2 Å². The quantitative estimate of drug-likeness (QED) is 0.475. The number of hydrogen-bond acceptors (Lipinski definition) is 4. The molecule has 0 bridgehead atoms. The molecule has 0 saturated heterocycles. The summed E-state index contributed by atoms with van der Waals surface area (Å²) in [6, 6.07) is 25.2. The summed E-state index contributed by atoms with van der Waals surface area (Å²) in [5, 5.41) is 11.8. The van der Waals surface area contributed by atoms with Crippen molar-refractivity contribution in [3.8, 4) is 11.1 Å². The monoisotopic (exact) mass is 472 g/mol. The Morgan fingerprint density at radius 1 is 0.914 bits per heavy atom. The van der Waals surface area contributed by atoms with Crippen molar-refractivity contribution in [3.63, 3.8) is 0 Å². The van der Waals surface area contributed by atoms with Crippen LogP contribution in [0.2, 0.25) is 0 Å². The summed E-state index contributed by atoms with van der Waals surface area (Å²) < 4.78 is 5.68. The molecule has 1 atom stereocenters. The molecule has 0 aliphatic heterocycles. The number of carbonyl (C=O) groups excluding carboxylic acids is 2. The van der Waals surface area contributed by atoms with Crippen LogP contribution in [0.5, 0.6) is 0 Å². The highest BCUT2D eigenvalue weighted by atomic mass is 16.5. The maximum atomic E-state index is 12.8. The first-order chi connectivity index (χ1) is 16.9. The second kappa shape index (κ2) is 10.9. The van der Waals surface area contributed by atoms with Crippen molar-refractivity contribution in [2.75, 3.05) is 20.2 Å². The zero-order valence-corrected chi connectivity index (χ0v) is 19.5. The van der Waals surface area contributed by atoms with Gasteiger partial charge in [-0.25, -0.2) is 4.79 Å². The summed E-state index contributed by atoms with van der Waals surface area (Å²) in [6.07, 6.45) is -0.156. The lowest BCUT2D eigenvalue weighted by atomic mass is 9.98. The Kier molecular flexibility index (Phi) is 7.45. The van der Waals surface area contributed by atoms with E-state index in [1.54, 1.807) is 0 Å². The summed E-state index contributed by atoms with van der Waals surface area (Å²) in [7, 11) is 1.45. The highest BCUT2D eigenvalue weighted by molar-refractivity contribution is 5.81. The average Bonchev–Trinajstić information content (AvgIpc) is 3.19. The van der Waals surface area contributed by atoms with Crippen LogP contribution in [0.1, 0.15) is 41.5 Å². The van der Waals surface area contributed by atoms with Crippen LogP contribution < -0.4 is 5.32 Å². The highest BCUT2D eigenvalue weighted by Crippen LogP contribution is 2.44. The van der Waals surface area contributed by atoms with E-state index in [4.69, 9.17) is 9.84 Å². The number of aliphatic carboxylic acids is 1. The topological polar surface area (TPSA) is 95.9 Å². The van der Waals surface area contributed by atoms with Gasteiger partial charge in [0.2, 0.25) is 5.91 Å². The Bertz CT molecular complexity index is 1170. The molecule has 2 amide bonds. The number of hydrogen-bond donors (Lipinski definition) is 2. The summed E-state index contributed by atoms with van der Waals surface area (Å²) in [6.45, 7) is -0.170. The van der Waals surface area contributed by atoms with Crippen molar-refractivity contribution in [2.45, 2.75) is 24.8 Å². The number of alkyl carbamates (subject to hydrolysis) is 1. The predicted molar refractivity (Wildman–Crippen MR) is 132 cm³/mol. The number of carbonyl (C=O) groups is 3. The Labute approximate surface area is 204 Å². The number of ether oxygens (including phenoxy) is 1. The van der Waals surface area contributed by atoms with Gasteiger partial charge in [0, 0.05) is 19.4 Å². The van der Waals surface area contributed by atoms with Gasteiger partial charge in [0.25, 0.3) is 0 Å². The van der Waals surface area contributed by atoms with Gasteiger partial charge >= 0.3 is 12.1 Å². The third-order valence-corrected chi connectivity index (χ3v) is 6.28. The van der Waals surface area contributed by atoms with Crippen LogP contribution in [0.15, 0.2) is 78.9 Å². The van der Waals surface area contributed by atoms with Gasteiger partial charge in [-0.15, -0.1) is 0 Å². The number of benzene rings is 3. The molecule has 3 aromatic rings. The molecule has 4 rings (SSSR count). The molecule has 0 radical (unpaired) electrons. The molecule has 3 aromatic carbocycles. The molecule has 35 heavy (non-hydrogen) atoms. The van der Waals surface area contributed by atoms with Crippen molar-refractivity contribution >= 4 is 18.0 Å². The fraction of sp³-hybridized carbons (Fsp3) is 0.250. The lowest BCUT2D eigenvalue weighted by Crippen LogP contribution is -2.34. The summed E-state index contributed by atoms with van der Waals surface area (Å²) in [4.78, 5) is 37.2. The van der Waals surface area contributed by atoms with Crippen molar-refractivity contribution in [1.29, 1.82) is 0 Å². The van der Waals surface area contributed by atoms with E-state index < -0.39 is 18.1 Å². The van der Waals surface area contributed by atoms with Gasteiger partial charge in [0.15, 0.2) is 0 Å². The number of amides is 2. The van der Waals surface area contributed by atoms with Gasteiger partial charge < -0.3 is 20.1 Å². The molecule has 2 N–H and O–H groups in total. The van der Waals surface area contributed by atoms with Crippen molar-refractivity contribution in [3.05, 3.63) is 95.6 Å². The van der Waals surface area contributed by atoms with E-state index in [-0.39, 0.29) is 31.4 Å². The van der Waals surface area contributed by atoms with Crippen LogP contribution in [-0.4, -0.2) is 48.2 Å². The first-order valence-electron chi connectivity index (χ1n) is 11.6. The van der Waals surface area contributed by atoms with Crippen molar-refractivity contribution < 1.29 is 24.2 Å². The van der Waals surface area contributed by atoms with E-state index in [1.807, 2.05) is 54.6 Å². The van der Waals surface area contributed by atoms with Gasteiger partial charge in [-0.2, -0.15) is 0 Å². The van der Waals surface area contributed by atoms with Gasteiger partial charge in [0.1, 0.15) is 13.2 Å². The molecular formula is C28H28N2O5. The largest absolute Gasteiger partial charge is 0.480 e. The minimum atomic E-state index is -1.07. The average molecular weight is 473 g/mol. The summed E-state index contributed by atoms with van der Waals surface area (Å²) in [5.74, 6) is -1.42. The highest BCUT2D eigenvalue weighted by Gasteiger charge is 2.29. The van der Waals surface area contributed by atoms with Crippen LogP contribution in [0.3, 0.4) is 0 Å². The molecule has 0 aromatic heterocycles. The number of nitrogens with zero attached hydrogens (tertiary/aromatic N) is 1. The van der Waals surface area contributed by atoms with Crippen molar-refractivity contribution in [1.82, 2.24) is 10.2 Å². The summed E-state index contributed by atoms with van der Waals surface area (Å²) >= 11 is 0. The minimum absolute atomic E-state index is 0.0467. The molecule has 0 heterocycles. The normalized spacial score (nSPS) is 12.8. The molecule has 7 nitrogen and oxygen atoms in total. The van der Waals surface area contributed by atoms with Crippen LogP contribution in [0, 0.1) is 0 Å². The molecule has 0 spiro atoms. The van der Waals surface area contributed by atoms with Crippen LogP contribution in [-0.2, 0) is 14.3 Å². The molecule has 1 aliphatic carbocycles. The maximum absolute atomic E-state index is 12.8. The number of carboxylic acids is 1. The zero-order valence-electron chi connectivity index (χ0n) is 19.5. The third-order valence-electron chi connectivity index (χ3n) is 6.28. The number of likely N-dealkylation sites (N-methyl/N-ethyl adjacent to an activating group) is 1. The summed E-state index contributed by atoms with van der Waals surface area (Å²) in [5.41, 5.74) is 5.42. The second-order valence-corrected chi connectivity index (χ2v) is 8.62. The van der Waals surface area contributed by atoms with Gasteiger partial charge in [0.05, 0.1) is 6.04 Å². The van der Waals surface area contributed by atoms with E-state index in [2.05, 4.69) is 29.6 Å². The number of rotatable bonds is 9. The number of carboxylic acid groups (broad SMARTS) is 1. The Hall–Kier alpha value is -4.13.